The Labute approximate surface area is 189 Å². The smallest absolute Gasteiger partial charge is 0.226 e. The first-order valence-corrected chi connectivity index (χ1v) is 11.6. The second kappa shape index (κ2) is 11.6. The molecule has 6 nitrogen and oxygen atoms in total. The van der Waals surface area contributed by atoms with Gasteiger partial charge in [0.25, 0.3) is 0 Å². The van der Waals surface area contributed by atoms with Crippen LogP contribution in [0.5, 0.6) is 0 Å². The number of para-hydroxylation sites is 1. The van der Waals surface area contributed by atoms with Crippen LogP contribution in [0.3, 0.4) is 0 Å². The second-order valence-corrected chi connectivity index (χ2v) is 8.54. The predicted molar refractivity (Wildman–Crippen MR) is 124 cm³/mol. The molecule has 3 N–H and O–H groups in total. The Morgan fingerprint density at radius 1 is 1.23 bits per heavy atom. The molecule has 1 aromatic heterocycles. The maximum absolute atomic E-state index is 13.0. The van der Waals surface area contributed by atoms with Gasteiger partial charge in [-0.3, -0.25) is 0 Å². The topological polar surface area (TPSA) is 82.4 Å². The molecule has 168 valence electrons. The van der Waals surface area contributed by atoms with Crippen LogP contribution in [0, 0.1) is 5.92 Å². The summed E-state index contributed by atoms with van der Waals surface area (Å²) in [5.41, 5.74) is 2.55. The van der Waals surface area contributed by atoms with Gasteiger partial charge < -0.3 is 15.7 Å². The molecule has 2 heterocycles. The zero-order valence-corrected chi connectivity index (χ0v) is 18.8. The van der Waals surface area contributed by atoms with Gasteiger partial charge in [-0.25, -0.2) is 18.8 Å². The molecular formula is C21H26ClF2N5OS. The molecule has 0 aliphatic carbocycles. The van der Waals surface area contributed by atoms with E-state index in [9.17, 15) is 13.9 Å². The van der Waals surface area contributed by atoms with Gasteiger partial charge in [-0.2, -0.15) is 4.98 Å². The van der Waals surface area contributed by atoms with Gasteiger partial charge >= 0.3 is 0 Å². The minimum absolute atomic E-state index is 0.0487. The minimum atomic E-state index is -1.04. The summed E-state index contributed by atoms with van der Waals surface area (Å²) < 4.78 is 25.9. The maximum Gasteiger partial charge on any atom is 0.226 e. The summed E-state index contributed by atoms with van der Waals surface area (Å²) in [4.78, 5) is 13.4. The van der Waals surface area contributed by atoms with Gasteiger partial charge in [0.15, 0.2) is 0 Å². The highest BCUT2D eigenvalue weighted by Gasteiger charge is 2.23. The number of aliphatic imine (C=N–C) groups is 1. The van der Waals surface area contributed by atoms with Gasteiger partial charge in [-0.1, -0.05) is 43.1 Å². The number of nitrogens with one attached hydrogen (secondary N) is 2. The van der Waals surface area contributed by atoms with E-state index in [1.54, 1.807) is 0 Å². The summed E-state index contributed by atoms with van der Waals surface area (Å²) in [5, 5.41) is 16.2. The van der Waals surface area contributed by atoms with E-state index in [1.165, 1.54) is 11.8 Å². The number of hydrogen-bond acceptors (Lipinski definition) is 7. The average molecular weight is 470 g/mol. The highest BCUT2D eigenvalue weighted by molar-refractivity contribution is 8.13. The van der Waals surface area contributed by atoms with Crippen LogP contribution < -0.4 is 10.6 Å². The molecule has 1 aliphatic heterocycles. The van der Waals surface area contributed by atoms with Gasteiger partial charge in [0.05, 0.1) is 17.3 Å². The Morgan fingerprint density at radius 2 is 2.00 bits per heavy atom. The number of benzene rings is 1. The number of aliphatic hydroxyl groups is 1. The summed E-state index contributed by atoms with van der Waals surface area (Å²) in [6.45, 7) is 0.889. The lowest BCUT2D eigenvalue weighted by molar-refractivity contribution is 0.217. The van der Waals surface area contributed by atoms with Crippen molar-refractivity contribution in [3.05, 3.63) is 40.5 Å². The van der Waals surface area contributed by atoms with Gasteiger partial charge in [-0.15, -0.1) is 11.8 Å². The Hall–Kier alpha value is -1.97. The fraction of sp³-hybridized carbons (Fsp3) is 0.476. The first-order valence-electron chi connectivity index (χ1n) is 10.2. The van der Waals surface area contributed by atoms with Crippen LogP contribution >= 0.6 is 23.4 Å². The van der Waals surface area contributed by atoms with Crippen molar-refractivity contribution < 1.29 is 13.9 Å². The zero-order chi connectivity index (χ0) is 22.2. The lowest BCUT2D eigenvalue weighted by atomic mass is 10.0. The molecule has 1 unspecified atom stereocenters. The molecule has 3 rings (SSSR count). The molecule has 1 aromatic carbocycles. The third kappa shape index (κ3) is 6.05. The van der Waals surface area contributed by atoms with Crippen LogP contribution in [-0.2, 0) is 5.75 Å². The lowest BCUT2D eigenvalue weighted by Gasteiger charge is -2.20. The molecule has 31 heavy (non-hydrogen) atoms. The molecule has 0 fully saturated rings. The highest BCUT2D eigenvalue weighted by Crippen LogP contribution is 2.37. The number of alkyl halides is 2. The van der Waals surface area contributed by atoms with Gasteiger partial charge in [0.1, 0.15) is 29.4 Å². The van der Waals surface area contributed by atoms with E-state index in [0.29, 0.717) is 23.0 Å². The molecule has 0 amide bonds. The molecule has 0 saturated carbocycles. The molecule has 0 saturated heterocycles. The predicted octanol–water partition coefficient (Wildman–Crippen LogP) is 5.00. The summed E-state index contributed by atoms with van der Waals surface area (Å²) >= 11 is 8.04. The number of aromatic nitrogens is 2. The standard InChI is InChI=1S/C21H26ClF2N5OS/c1-2-13(11-30)7-8-25-19-17(18(22)28-21(29-19)26-15(9-23)10-24)20-27-16-6-4-3-5-14(16)12-31-20/h3-6,13,15,30H,2,7-12H2,1H3,(H2,25,26,28,29). The number of anilines is 2. The zero-order valence-electron chi connectivity index (χ0n) is 17.2. The van der Waals surface area contributed by atoms with E-state index in [4.69, 9.17) is 16.6 Å². The van der Waals surface area contributed by atoms with Crippen LogP contribution in [0.15, 0.2) is 29.3 Å². The van der Waals surface area contributed by atoms with Crippen LogP contribution in [0.25, 0.3) is 0 Å². The number of nitrogens with zero attached hydrogens (tertiary/aromatic N) is 3. The Morgan fingerprint density at radius 3 is 2.71 bits per heavy atom. The van der Waals surface area contributed by atoms with E-state index in [0.717, 1.165) is 29.8 Å². The Bertz CT molecular complexity index is 909. The van der Waals surface area contributed by atoms with Crippen molar-refractivity contribution in [3.8, 4) is 0 Å². The van der Waals surface area contributed by atoms with E-state index in [-0.39, 0.29) is 23.6 Å². The first kappa shape index (κ1) is 23.7. The Kier molecular flexibility index (Phi) is 8.86. The molecule has 2 aromatic rings. The molecular weight excluding hydrogens is 444 g/mol. The van der Waals surface area contributed by atoms with Gasteiger partial charge in [0, 0.05) is 18.9 Å². The lowest BCUT2D eigenvalue weighted by Crippen LogP contribution is -2.26. The molecule has 0 bridgehead atoms. The van der Waals surface area contributed by atoms with Crippen molar-refractivity contribution in [2.75, 3.05) is 37.1 Å². The summed E-state index contributed by atoms with van der Waals surface area (Å²) in [5.74, 6) is 1.39. The number of thioether (sulfide) groups is 1. The molecule has 1 aliphatic rings. The third-order valence-electron chi connectivity index (χ3n) is 5.04. The van der Waals surface area contributed by atoms with Crippen molar-refractivity contribution >= 4 is 45.9 Å². The SMILES string of the molecule is CCC(CO)CCNc1nc(NC(CF)CF)nc(Cl)c1C1=Nc2ccccc2CS1. The minimum Gasteiger partial charge on any atom is -0.396 e. The van der Waals surface area contributed by atoms with Gasteiger partial charge in [0.2, 0.25) is 5.95 Å². The summed E-state index contributed by atoms with van der Waals surface area (Å²) in [7, 11) is 0. The van der Waals surface area contributed by atoms with Gasteiger partial charge in [-0.05, 0) is 24.0 Å². The number of rotatable bonds is 11. The van der Waals surface area contributed by atoms with E-state index < -0.39 is 19.4 Å². The second-order valence-electron chi connectivity index (χ2n) is 7.22. The van der Waals surface area contributed by atoms with E-state index in [1.807, 2.05) is 31.2 Å². The van der Waals surface area contributed by atoms with Crippen molar-refractivity contribution in [2.45, 2.75) is 31.6 Å². The first-order chi connectivity index (χ1) is 15.1. The number of aliphatic hydroxyl groups excluding tert-OH is 1. The fourth-order valence-corrected chi connectivity index (χ4v) is 4.45. The average Bonchev–Trinajstić information content (AvgIpc) is 2.80. The highest BCUT2D eigenvalue weighted by atomic mass is 35.5. The summed E-state index contributed by atoms with van der Waals surface area (Å²) in [6, 6.07) is 6.82. The van der Waals surface area contributed by atoms with Crippen LogP contribution in [0.4, 0.5) is 26.2 Å². The maximum atomic E-state index is 13.0. The van der Waals surface area contributed by atoms with Crippen LogP contribution in [-0.4, -0.2) is 52.7 Å². The van der Waals surface area contributed by atoms with Crippen molar-refractivity contribution in [2.24, 2.45) is 10.9 Å². The van der Waals surface area contributed by atoms with Crippen molar-refractivity contribution in [3.63, 3.8) is 0 Å². The molecule has 0 spiro atoms. The largest absolute Gasteiger partial charge is 0.396 e. The normalized spacial score (nSPS) is 14.2. The number of fused-ring (bicyclic) bond motifs is 1. The third-order valence-corrected chi connectivity index (χ3v) is 6.34. The number of hydrogen-bond donors (Lipinski definition) is 3. The molecule has 0 radical (unpaired) electrons. The fourth-order valence-electron chi connectivity index (χ4n) is 3.09. The van der Waals surface area contributed by atoms with Crippen LogP contribution in [0.2, 0.25) is 5.15 Å². The van der Waals surface area contributed by atoms with Crippen molar-refractivity contribution in [1.29, 1.82) is 0 Å². The molecule has 10 heteroatoms. The van der Waals surface area contributed by atoms with E-state index >= 15 is 0 Å². The number of halogens is 3. The monoisotopic (exact) mass is 469 g/mol. The van der Waals surface area contributed by atoms with Crippen molar-refractivity contribution in [1.82, 2.24) is 9.97 Å². The van der Waals surface area contributed by atoms with E-state index in [2.05, 4.69) is 20.6 Å². The molecule has 1 atom stereocenters. The van der Waals surface area contributed by atoms with Crippen LogP contribution in [0.1, 0.15) is 30.9 Å². The quantitative estimate of drug-likeness (QED) is 0.402. The summed E-state index contributed by atoms with van der Waals surface area (Å²) in [6.07, 6.45) is 1.59. The Balaban J connectivity index is 1.93.